The smallest absolute Gasteiger partial charge is 0.421 e. The molecule has 3 unspecified atom stereocenters. The Kier molecular flexibility index (Phi) is 6.46. The summed E-state index contributed by atoms with van der Waals surface area (Å²) in [6, 6.07) is 15.1. The molecule has 0 radical (unpaired) electrons. The zero-order chi connectivity index (χ0) is 26.5. The molecule has 3 amide bonds. The van der Waals surface area contributed by atoms with Gasteiger partial charge in [-0.25, -0.2) is 14.1 Å². The van der Waals surface area contributed by atoms with E-state index in [1.165, 1.54) is 18.2 Å². The second-order valence-electron chi connectivity index (χ2n) is 9.18. The van der Waals surface area contributed by atoms with Crippen LogP contribution in [0.4, 0.5) is 14.9 Å². The van der Waals surface area contributed by atoms with Gasteiger partial charge in [-0.2, -0.15) is 0 Å². The number of ether oxygens (including phenoxy) is 1. The molecule has 0 saturated carbocycles. The number of nitrogens with one attached hydrogen (secondary N) is 1. The molecule has 1 fully saturated rings. The summed E-state index contributed by atoms with van der Waals surface area (Å²) in [5.74, 6) is -2.22. The number of imide groups is 1. The summed E-state index contributed by atoms with van der Waals surface area (Å²) in [4.78, 5) is 41.9. The minimum Gasteiger partial charge on any atom is -0.449 e. The molecule has 1 spiro atoms. The summed E-state index contributed by atoms with van der Waals surface area (Å²) in [7, 11) is 0. The summed E-state index contributed by atoms with van der Waals surface area (Å²) in [6.07, 6.45) is -0.962. The fourth-order valence-corrected chi connectivity index (χ4v) is 6.05. The fraction of sp³-hybridized carbons (Fsp3) is 0.250. The van der Waals surface area contributed by atoms with Gasteiger partial charge in [-0.05, 0) is 72.5 Å². The van der Waals surface area contributed by atoms with E-state index in [-0.39, 0.29) is 24.6 Å². The first-order valence-electron chi connectivity index (χ1n) is 11.8. The van der Waals surface area contributed by atoms with Crippen LogP contribution in [0.1, 0.15) is 47.6 Å². The lowest BCUT2D eigenvalue weighted by atomic mass is 9.59. The van der Waals surface area contributed by atoms with Crippen molar-refractivity contribution >= 4 is 46.8 Å². The van der Waals surface area contributed by atoms with E-state index in [2.05, 4.69) is 5.32 Å². The predicted octanol–water partition coefficient (Wildman–Crippen LogP) is 6.23. The number of hydrogen-bond donors (Lipinski definition) is 1. The van der Waals surface area contributed by atoms with Gasteiger partial charge in [0, 0.05) is 22.4 Å². The van der Waals surface area contributed by atoms with Crippen molar-refractivity contribution in [3.05, 3.63) is 98.8 Å². The topological polar surface area (TPSA) is 75.7 Å². The molecular formula is C28H23Cl2FN2O4. The summed E-state index contributed by atoms with van der Waals surface area (Å²) < 4.78 is 19.8. The number of carbonyl (C=O) groups excluding carboxylic acids is 3. The molecule has 1 N–H and O–H groups in total. The van der Waals surface area contributed by atoms with Crippen LogP contribution in [-0.2, 0) is 19.7 Å². The van der Waals surface area contributed by atoms with E-state index in [0.717, 1.165) is 4.90 Å². The van der Waals surface area contributed by atoms with Gasteiger partial charge in [-0.3, -0.25) is 9.59 Å². The quantitative estimate of drug-likeness (QED) is 0.427. The first-order chi connectivity index (χ1) is 17.7. The lowest BCUT2D eigenvalue weighted by molar-refractivity contribution is -0.132. The molecule has 2 aliphatic rings. The summed E-state index contributed by atoms with van der Waals surface area (Å²) in [6.45, 7) is 3.49. The van der Waals surface area contributed by atoms with E-state index in [4.69, 9.17) is 27.9 Å². The van der Waals surface area contributed by atoms with Crippen molar-refractivity contribution in [1.29, 1.82) is 0 Å². The highest BCUT2D eigenvalue weighted by Crippen LogP contribution is 2.59. The van der Waals surface area contributed by atoms with Gasteiger partial charge in [0.15, 0.2) is 0 Å². The Morgan fingerprint density at radius 1 is 1.11 bits per heavy atom. The van der Waals surface area contributed by atoms with Crippen molar-refractivity contribution < 1.29 is 23.5 Å². The number of hydrogen-bond acceptors (Lipinski definition) is 4. The van der Waals surface area contributed by atoms with Crippen LogP contribution in [-0.4, -0.2) is 24.5 Å². The number of nitrogens with zero attached hydrogens (tertiary/aromatic N) is 1. The Balaban J connectivity index is 1.87. The third-order valence-electron chi connectivity index (χ3n) is 7.15. The molecule has 3 aromatic rings. The van der Waals surface area contributed by atoms with Crippen LogP contribution in [0, 0.1) is 12.7 Å². The Hall–Kier alpha value is -3.42. The van der Waals surface area contributed by atoms with Crippen molar-refractivity contribution in [2.24, 2.45) is 0 Å². The number of fused-ring (bicyclic) bond motifs is 2. The molecule has 1 saturated heterocycles. The third kappa shape index (κ3) is 3.97. The molecule has 190 valence electrons. The molecule has 5 rings (SSSR count). The van der Waals surface area contributed by atoms with Gasteiger partial charge >= 0.3 is 6.09 Å². The van der Waals surface area contributed by atoms with E-state index in [0.29, 0.717) is 32.3 Å². The van der Waals surface area contributed by atoms with E-state index in [9.17, 15) is 18.8 Å². The molecule has 0 bridgehead atoms. The van der Waals surface area contributed by atoms with Gasteiger partial charge in [0.2, 0.25) is 11.8 Å². The molecule has 0 aromatic heterocycles. The zero-order valence-corrected chi connectivity index (χ0v) is 21.6. The third-order valence-corrected chi connectivity index (χ3v) is 7.62. The van der Waals surface area contributed by atoms with Gasteiger partial charge < -0.3 is 10.1 Å². The van der Waals surface area contributed by atoms with Gasteiger partial charge in [0.25, 0.3) is 0 Å². The predicted molar refractivity (Wildman–Crippen MR) is 138 cm³/mol. The largest absolute Gasteiger partial charge is 0.449 e. The number of rotatable bonds is 3. The number of benzene rings is 3. The maximum absolute atomic E-state index is 14.6. The second-order valence-corrected chi connectivity index (χ2v) is 10.1. The molecule has 2 heterocycles. The van der Waals surface area contributed by atoms with E-state index >= 15 is 0 Å². The fourth-order valence-electron chi connectivity index (χ4n) is 5.69. The Bertz CT molecular complexity index is 1450. The van der Waals surface area contributed by atoms with Crippen molar-refractivity contribution in [2.75, 3.05) is 11.5 Å². The molecule has 3 aromatic carbocycles. The second kappa shape index (κ2) is 9.47. The number of amides is 3. The molecule has 3 atom stereocenters. The van der Waals surface area contributed by atoms with Crippen LogP contribution >= 0.6 is 23.2 Å². The highest BCUT2D eigenvalue weighted by molar-refractivity contribution is 6.32. The number of halogens is 3. The molecule has 37 heavy (non-hydrogen) atoms. The van der Waals surface area contributed by atoms with Crippen molar-refractivity contribution in [3.63, 3.8) is 0 Å². The standard InChI is InChI=1S/C28H23Cl2FN2O4/c1-3-37-27(36)33-23-12-18(30)8-10-21(23)28(26(33)35)22(20-13-19(31)9-7-15(20)2)14-24(34)32-25(28)16-5-4-6-17(29)11-16/h4-13,22,25H,3,14H2,1-2H3,(H,32,34). The van der Waals surface area contributed by atoms with Gasteiger partial charge in [0.1, 0.15) is 11.2 Å². The van der Waals surface area contributed by atoms with Crippen molar-refractivity contribution in [2.45, 2.75) is 37.6 Å². The monoisotopic (exact) mass is 540 g/mol. The molecule has 6 nitrogen and oxygen atoms in total. The number of aryl methyl sites for hydroxylation is 1. The zero-order valence-electron chi connectivity index (χ0n) is 20.1. The summed E-state index contributed by atoms with van der Waals surface area (Å²) in [5.41, 5.74) is 1.00. The minimum atomic E-state index is -1.52. The maximum Gasteiger partial charge on any atom is 0.421 e. The number of carbonyl (C=O) groups is 3. The lowest BCUT2D eigenvalue weighted by Crippen LogP contribution is -2.59. The lowest BCUT2D eigenvalue weighted by Gasteiger charge is -2.47. The first-order valence-corrected chi connectivity index (χ1v) is 12.6. The first kappa shape index (κ1) is 25.2. The highest BCUT2D eigenvalue weighted by atomic mass is 35.5. The van der Waals surface area contributed by atoms with E-state index < -0.39 is 35.2 Å². The van der Waals surface area contributed by atoms with Crippen LogP contribution in [0.15, 0.2) is 60.7 Å². The van der Waals surface area contributed by atoms with Gasteiger partial charge in [-0.15, -0.1) is 0 Å². The van der Waals surface area contributed by atoms with E-state index in [1.807, 2.05) is 0 Å². The summed E-state index contributed by atoms with van der Waals surface area (Å²) in [5, 5.41) is 3.71. The van der Waals surface area contributed by atoms with Gasteiger partial charge in [-0.1, -0.05) is 47.5 Å². The summed E-state index contributed by atoms with van der Waals surface area (Å²) >= 11 is 12.6. The normalized spacial score (nSPS) is 22.7. The van der Waals surface area contributed by atoms with Crippen LogP contribution in [0.25, 0.3) is 0 Å². The van der Waals surface area contributed by atoms with Crippen molar-refractivity contribution in [1.82, 2.24) is 5.32 Å². The Morgan fingerprint density at radius 2 is 1.86 bits per heavy atom. The molecular weight excluding hydrogens is 518 g/mol. The van der Waals surface area contributed by atoms with E-state index in [1.54, 1.807) is 56.3 Å². The average Bonchev–Trinajstić information content (AvgIpc) is 3.10. The van der Waals surface area contributed by atoms with Crippen LogP contribution < -0.4 is 10.2 Å². The molecule has 2 aliphatic heterocycles. The average molecular weight is 541 g/mol. The molecule has 9 heteroatoms. The Labute approximate surface area is 223 Å². The SMILES string of the molecule is CCOC(=O)N1C(=O)C2(c3ccc(Cl)cc31)C(c1cc(F)ccc1C)CC(=O)NC2c1cccc(Cl)c1. The Morgan fingerprint density at radius 3 is 2.59 bits per heavy atom. The van der Waals surface area contributed by atoms with Gasteiger partial charge in [0.05, 0.1) is 18.3 Å². The van der Waals surface area contributed by atoms with Crippen LogP contribution in [0.3, 0.4) is 0 Å². The minimum absolute atomic E-state index is 0.0480. The number of piperidine rings is 1. The maximum atomic E-state index is 14.6. The molecule has 0 aliphatic carbocycles. The van der Waals surface area contributed by atoms with Crippen LogP contribution in [0.5, 0.6) is 0 Å². The number of anilines is 1. The van der Waals surface area contributed by atoms with Crippen LogP contribution in [0.2, 0.25) is 10.0 Å². The highest BCUT2D eigenvalue weighted by Gasteiger charge is 2.64. The van der Waals surface area contributed by atoms with Crippen molar-refractivity contribution in [3.8, 4) is 0 Å².